The van der Waals surface area contributed by atoms with Crippen LogP contribution in [-0.4, -0.2) is 21.4 Å². The van der Waals surface area contributed by atoms with Gasteiger partial charge in [0.1, 0.15) is 5.75 Å². The number of carbonyl (C=O) groups excluding carboxylic acids is 1. The second-order valence-corrected chi connectivity index (χ2v) is 7.66. The molecule has 1 amide bonds. The average Bonchev–Trinajstić information content (AvgIpc) is 2.74. The number of nitriles is 1. The summed E-state index contributed by atoms with van der Waals surface area (Å²) in [5, 5.41) is 11.6. The molecule has 3 rings (SSSR count). The molecule has 8 heteroatoms. The van der Waals surface area contributed by atoms with Gasteiger partial charge in [-0.2, -0.15) is 5.26 Å². The summed E-state index contributed by atoms with van der Waals surface area (Å²) in [7, 11) is -2.40. The molecule has 146 valence electrons. The van der Waals surface area contributed by atoms with Crippen LogP contribution >= 0.6 is 0 Å². The van der Waals surface area contributed by atoms with E-state index in [0.717, 1.165) is 0 Å². The normalized spacial score (nSPS) is 10.6. The SMILES string of the molecule is COc1ccccc1NS(=O)(=O)c1ccc(C(=O)Nc2cccc(C#N)c2)cc1. The van der Waals surface area contributed by atoms with Crippen LogP contribution in [0.15, 0.2) is 77.7 Å². The van der Waals surface area contributed by atoms with Gasteiger partial charge in [0.15, 0.2) is 0 Å². The zero-order valence-electron chi connectivity index (χ0n) is 15.4. The molecule has 0 aliphatic rings. The second kappa shape index (κ2) is 8.46. The summed E-state index contributed by atoms with van der Waals surface area (Å²) in [6, 6.07) is 20.7. The predicted molar refractivity (Wildman–Crippen MR) is 109 cm³/mol. The average molecular weight is 407 g/mol. The van der Waals surface area contributed by atoms with E-state index < -0.39 is 15.9 Å². The fraction of sp³-hybridized carbons (Fsp3) is 0.0476. The summed E-state index contributed by atoms with van der Waals surface area (Å²) in [6.07, 6.45) is 0. The van der Waals surface area contributed by atoms with E-state index in [1.165, 1.54) is 31.4 Å². The highest BCUT2D eigenvalue weighted by atomic mass is 32.2. The number of hydrogen-bond acceptors (Lipinski definition) is 5. The molecular formula is C21H17N3O4S. The number of benzene rings is 3. The summed E-state index contributed by atoms with van der Waals surface area (Å²) in [5.41, 5.74) is 1.49. The van der Waals surface area contributed by atoms with Crippen molar-refractivity contribution in [2.45, 2.75) is 4.90 Å². The quantitative estimate of drug-likeness (QED) is 0.649. The molecule has 7 nitrogen and oxygen atoms in total. The first-order valence-electron chi connectivity index (χ1n) is 8.50. The number of carbonyl (C=O) groups is 1. The first-order valence-corrected chi connectivity index (χ1v) is 9.98. The van der Waals surface area contributed by atoms with Crippen LogP contribution < -0.4 is 14.8 Å². The van der Waals surface area contributed by atoms with Gasteiger partial charge in [-0.05, 0) is 54.6 Å². The Kier molecular flexibility index (Phi) is 5.81. The molecule has 0 saturated heterocycles. The van der Waals surface area contributed by atoms with E-state index in [-0.39, 0.29) is 10.5 Å². The van der Waals surface area contributed by atoms with Gasteiger partial charge in [0.25, 0.3) is 15.9 Å². The van der Waals surface area contributed by atoms with Gasteiger partial charge in [-0.25, -0.2) is 8.42 Å². The van der Waals surface area contributed by atoms with Crippen LogP contribution in [0.25, 0.3) is 0 Å². The molecule has 3 aromatic carbocycles. The number of hydrogen-bond donors (Lipinski definition) is 2. The van der Waals surface area contributed by atoms with Gasteiger partial charge in [-0.15, -0.1) is 0 Å². The summed E-state index contributed by atoms with van der Waals surface area (Å²) in [6.45, 7) is 0. The number of sulfonamides is 1. The maximum absolute atomic E-state index is 12.6. The highest BCUT2D eigenvalue weighted by Crippen LogP contribution is 2.26. The van der Waals surface area contributed by atoms with E-state index in [0.29, 0.717) is 22.7 Å². The van der Waals surface area contributed by atoms with Crippen molar-refractivity contribution in [3.05, 3.63) is 83.9 Å². The van der Waals surface area contributed by atoms with E-state index >= 15 is 0 Å². The van der Waals surface area contributed by atoms with E-state index in [9.17, 15) is 13.2 Å². The minimum absolute atomic E-state index is 0.00596. The Labute approximate surface area is 168 Å². The van der Waals surface area contributed by atoms with Crippen molar-refractivity contribution < 1.29 is 17.9 Å². The molecule has 2 N–H and O–H groups in total. The lowest BCUT2D eigenvalue weighted by Crippen LogP contribution is -2.15. The fourth-order valence-corrected chi connectivity index (χ4v) is 3.66. The minimum Gasteiger partial charge on any atom is -0.495 e. The van der Waals surface area contributed by atoms with E-state index in [1.54, 1.807) is 48.5 Å². The van der Waals surface area contributed by atoms with Gasteiger partial charge in [-0.3, -0.25) is 9.52 Å². The van der Waals surface area contributed by atoms with Crippen LogP contribution in [0.4, 0.5) is 11.4 Å². The molecule has 0 unspecified atom stereocenters. The monoisotopic (exact) mass is 407 g/mol. The molecular weight excluding hydrogens is 390 g/mol. The number of methoxy groups -OCH3 is 1. The number of amides is 1. The van der Waals surface area contributed by atoms with Crippen LogP contribution in [0.5, 0.6) is 5.75 Å². The number of anilines is 2. The van der Waals surface area contributed by atoms with Crippen molar-refractivity contribution in [1.82, 2.24) is 0 Å². The third-order valence-electron chi connectivity index (χ3n) is 4.03. The highest BCUT2D eigenvalue weighted by Gasteiger charge is 2.17. The molecule has 0 spiro atoms. The maximum Gasteiger partial charge on any atom is 0.262 e. The number of para-hydroxylation sites is 2. The van der Waals surface area contributed by atoms with Crippen LogP contribution in [0, 0.1) is 11.3 Å². The lowest BCUT2D eigenvalue weighted by molar-refractivity contribution is 0.102. The van der Waals surface area contributed by atoms with Crippen molar-refractivity contribution in [2.75, 3.05) is 17.1 Å². The summed E-state index contributed by atoms with van der Waals surface area (Å²) in [5.74, 6) is -0.0200. The fourth-order valence-electron chi connectivity index (χ4n) is 2.59. The Morgan fingerprint density at radius 3 is 2.41 bits per heavy atom. The summed E-state index contributed by atoms with van der Waals surface area (Å²) < 4.78 is 32.9. The summed E-state index contributed by atoms with van der Waals surface area (Å²) in [4.78, 5) is 12.4. The lowest BCUT2D eigenvalue weighted by atomic mass is 10.2. The first kappa shape index (κ1) is 19.9. The van der Waals surface area contributed by atoms with Gasteiger partial charge in [-0.1, -0.05) is 18.2 Å². The molecule has 0 saturated carbocycles. The van der Waals surface area contributed by atoms with Gasteiger partial charge in [0.2, 0.25) is 0 Å². The standard InChI is InChI=1S/C21H17N3O4S/c1-28-20-8-3-2-7-19(20)24-29(26,27)18-11-9-16(10-12-18)21(25)23-17-6-4-5-15(13-17)14-22/h2-13,24H,1H3,(H,23,25). The van der Waals surface area contributed by atoms with Crippen LogP contribution in [0.1, 0.15) is 15.9 Å². The zero-order valence-corrected chi connectivity index (χ0v) is 16.2. The topological polar surface area (TPSA) is 108 Å². The number of rotatable bonds is 6. The molecule has 0 atom stereocenters. The van der Waals surface area contributed by atoms with Crippen LogP contribution in [-0.2, 0) is 10.0 Å². The molecule has 3 aromatic rings. The van der Waals surface area contributed by atoms with Crippen molar-refractivity contribution in [1.29, 1.82) is 5.26 Å². The Bertz CT molecular complexity index is 1180. The van der Waals surface area contributed by atoms with Crippen molar-refractivity contribution in [3.63, 3.8) is 0 Å². The van der Waals surface area contributed by atoms with Gasteiger partial charge >= 0.3 is 0 Å². The van der Waals surface area contributed by atoms with Crippen LogP contribution in [0.3, 0.4) is 0 Å². The molecule has 0 fully saturated rings. The van der Waals surface area contributed by atoms with E-state index in [1.807, 2.05) is 6.07 Å². The van der Waals surface area contributed by atoms with Gasteiger partial charge in [0.05, 0.1) is 29.3 Å². The molecule has 0 radical (unpaired) electrons. The second-order valence-electron chi connectivity index (χ2n) is 5.98. The van der Waals surface area contributed by atoms with E-state index in [2.05, 4.69) is 10.0 Å². The predicted octanol–water partition coefficient (Wildman–Crippen LogP) is 3.62. The first-order chi connectivity index (χ1) is 13.9. The Morgan fingerprint density at radius 1 is 1.00 bits per heavy atom. The Morgan fingerprint density at radius 2 is 1.72 bits per heavy atom. The molecule has 29 heavy (non-hydrogen) atoms. The zero-order chi connectivity index (χ0) is 20.9. The number of ether oxygens (including phenoxy) is 1. The maximum atomic E-state index is 12.6. The Hall–Kier alpha value is -3.83. The van der Waals surface area contributed by atoms with Gasteiger partial charge < -0.3 is 10.1 Å². The highest BCUT2D eigenvalue weighted by molar-refractivity contribution is 7.92. The molecule has 0 aliphatic heterocycles. The number of nitrogens with zero attached hydrogens (tertiary/aromatic N) is 1. The molecule has 0 aromatic heterocycles. The minimum atomic E-state index is -3.85. The van der Waals surface area contributed by atoms with E-state index in [4.69, 9.17) is 10.00 Å². The smallest absolute Gasteiger partial charge is 0.262 e. The molecule has 0 bridgehead atoms. The Balaban J connectivity index is 1.76. The third-order valence-corrected chi connectivity index (χ3v) is 5.41. The van der Waals surface area contributed by atoms with Gasteiger partial charge in [0, 0.05) is 11.3 Å². The van der Waals surface area contributed by atoms with Crippen molar-refractivity contribution in [3.8, 4) is 11.8 Å². The molecule has 0 heterocycles. The third kappa shape index (κ3) is 4.72. The largest absolute Gasteiger partial charge is 0.495 e. The number of nitrogens with one attached hydrogen (secondary N) is 2. The van der Waals surface area contributed by atoms with Crippen molar-refractivity contribution in [2.24, 2.45) is 0 Å². The lowest BCUT2D eigenvalue weighted by Gasteiger charge is -2.12. The summed E-state index contributed by atoms with van der Waals surface area (Å²) >= 11 is 0. The van der Waals surface area contributed by atoms with Crippen molar-refractivity contribution >= 4 is 27.3 Å². The van der Waals surface area contributed by atoms with Crippen LogP contribution in [0.2, 0.25) is 0 Å². The molecule has 0 aliphatic carbocycles.